The van der Waals surface area contributed by atoms with Gasteiger partial charge in [-0.05, 0) is 32.6 Å². The topological polar surface area (TPSA) is 95.9 Å². The fourth-order valence-corrected chi connectivity index (χ4v) is 3.90. The number of hydrogen-bond acceptors (Lipinski definition) is 5. The third-order valence-electron chi connectivity index (χ3n) is 5.28. The Morgan fingerprint density at radius 1 is 1.28 bits per heavy atom. The fourth-order valence-electron chi connectivity index (χ4n) is 3.90. The molecule has 0 radical (unpaired) electrons. The molecule has 2 aromatic heterocycles. The smallest absolute Gasteiger partial charge is 0.263 e. The number of nitrogens with one attached hydrogen (secondary N) is 2. The highest BCUT2D eigenvalue weighted by Gasteiger charge is 2.25. The molecule has 134 valence electrons. The molecular formula is C17H24N6O2. The van der Waals surface area contributed by atoms with E-state index in [9.17, 15) is 9.59 Å². The molecule has 3 heterocycles. The lowest BCUT2D eigenvalue weighted by Crippen LogP contribution is -2.40. The average molecular weight is 344 g/mol. The van der Waals surface area contributed by atoms with Crippen LogP contribution in [0.25, 0.3) is 11.0 Å². The molecule has 4 rings (SSSR count). The van der Waals surface area contributed by atoms with Crippen molar-refractivity contribution in [3.8, 4) is 0 Å². The van der Waals surface area contributed by atoms with Crippen molar-refractivity contribution in [3.05, 3.63) is 16.6 Å². The Kier molecular flexibility index (Phi) is 4.19. The van der Waals surface area contributed by atoms with Gasteiger partial charge in [0.2, 0.25) is 11.9 Å². The summed E-state index contributed by atoms with van der Waals surface area (Å²) in [5, 5.41) is 7.94. The number of H-pyrrole nitrogens is 1. The Balaban J connectivity index is 1.60. The van der Waals surface area contributed by atoms with E-state index in [1.807, 2.05) is 9.58 Å². The van der Waals surface area contributed by atoms with E-state index in [4.69, 9.17) is 0 Å². The van der Waals surface area contributed by atoms with Crippen molar-refractivity contribution in [2.24, 2.45) is 0 Å². The van der Waals surface area contributed by atoms with Crippen LogP contribution in [0, 0.1) is 0 Å². The van der Waals surface area contributed by atoms with Gasteiger partial charge in [-0.2, -0.15) is 10.1 Å². The molecule has 1 aliphatic carbocycles. The van der Waals surface area contributed by atoms with Crippen LogP contribution in [0.5, 0.6) is 0 Å². The molecule has 1 saturated carbocycles. The summed E-state index contributed by atoms with van der Waals surface area (Å²) in [4.78, 5) is 33.9. The molecule has 8 heteroatoms. The zero-order valence-electron chi connectivity index (χ0n) is 14.5. The maximum atomic E-state index is 12.5. The predicted molar refractivity (Wildman–Crippen MR) is 94.6 cm³/mol. The van der Waals surface area contributed by atoms with E-state index in [-0.39, 0.29) is 11.5 Å². The molecular weight excluding hydrogens is 320 g/mol. The second-order valence-corrected chi connectivity index (χ2v) is 7.08. The number of carbonyl (C=O) groups excluding carboxylic acids is 1. The molecule has 0 bridgehead atoms. The van der Waals surface area contributed by atoms with Gasteiger partial charge in [-0.15, -0.1) is 0 Å². The highest BCUT2D eigenvalue weighted by atomic mass is 16.2. The highest BCUT2D eigenvalue weighted by molar-refractivity contribution is 5.84. The van der Waals surface area contributed by atoms with Gasteiger partial charge in [0.1, 0.15) is 11.4 Å². The predicted octanol–water partition coefficient (Wildman–Crippen LogP) is 1.66. The van der Waals surface area contributed by atoms with Crippen LogP contribution in [0.2, 0.25) is 0 Å². The van der Waals surface area contributed by atoms with E-state index in [2.05, 4.69) is 20.4 Å². The molecule has 1 atom stereocenters. The molecule has 1 aliphatic heterocycles. The molecule has 2 N–H and O–H groups in total. The van der Waals surface area contributed by atoms with Gasteiger partial charge in [0.05, 0.1) is 12.2 Å². The Bertz CT molecular complexity index is 829. The minimum absolute atomic E-state index is 0.0459. The second-order valence-electron chi connectivity index (χ2n) is 7.08. The van der Waals surface area contributed by atoms with Crippen molar-refractivity contribution in [2.45, 2.75) is 57.5 Å². The number of hydrogen-bond donors (Lipinski definition) is 2. The molecule has 2 aromatic rings. The lowest BCUT2D eigenvalue weighted by Gasteiger charge is -2.21. The summed E-state index contributed by atoms with van der Waals surface area (Å²) in [7, 11) is 0. The lowest BCUT2D eigenvalue weighted by atomic mass is 10.2. The number of fused-ring (bicyclic) bond motifs is 1. The molecule has 25 heavy (non-hydrogen) atoms. The van der Waals surface area contributed by atoms with Crippen LogP contribution in [0.3, 0.4) is 0 Å². The third kappa shape index (κ3) is 3.01. The third-order valence-corrected chi connectivity index (χ3v) is 5.28. The quantitative estimate of drug-likeness (QED) is 0.879. The summed E-state index contributed by atoms with van der Waals surface area (Å²) in [6.45, 7) is 3.42. The fraction of sp³-hybridized carbons (Fsp3) is 0.647. The Morgan fingerprint density at radius 3 is 2.72 bits per heavy atom. The number of rotatable bonds is 4. The van der Waals surface area contributed by atoms with E-state index in [1.165, 1.54) is 12.8 Å². The minimum atomic E-state index is -0.429. The number of nitrogens with zero attached hydrogens (tertiary/aromatic N) is 4. The van der Waals surface area contributed by atoms with Crippen LogP contribution in [-0.2, 0) is 4.79 Å². The van der Waals surface area contributed by atoms with Gasteiger partial charge in [0.25, 0.3) is 5.56 Å². The van der Waals surface area contributed by atoms with E-state index in [0.717, 1.165) is 38.8 Å². The highest BCUT2D eigenvalue weighted by Crippen LogP contribution is 2.30. The van der Waals surface area contributed by atoms with Crippen LogP contribution >= 0.6 is 0 Å². The second kappa shape index (κ2) is 6.50. The van der Waals surface area contributed by atoms with Crippen LogP contribution in [0.1, 0.15) is 51.5 Å². The molecule has 0 unspecified atom stereocenters. The summed E-state index contributed by atoms with van der Waals surface area (Å²) < 4.78 is 1.87. The summed E-state index contributed by atoms with van der Waals surface area (Å²) in [6.07, 6.45) is 8.20. The van der Waals surface area contributed by atoms with Crippen molar-refractivity contribution in [1.29, 1.82) is 0 Å². The number of aromatic amines is 1. The molecule has 0 aromatic carbocycles. The van der Waals surface area contributed by atoms with Crippen molar-refractivity contribution in [1.82, 2.24) is 24.6 Å². The Labute approximate surface area is 145 Å². The van der Waals surface area contributed by atoms with E-state index >= 15 is 0 Å². The van der Waals surface area contributed by atoms with Gasteiger partial charge in [-0.1, -0.05) is 12.8 Å². The first-order chi connectivity index (χ1) is 12.1. The number of amides is 1. The summed E-state index contributed by atoms with van der Waals surface area (Å²) >= 11 is 0. The van der Waals surface area contributed by atoms with E-state index < -0.39 is 6.04 Å². The van der Waals surface area contributed by atoms with E-state index in [1.54, 1.807) is 13.1 Å². The SMILES string of the molecule is C[C@@H](Nc1nc2c(cnn2C2CCCC2)c(=O)[nH]1)C(=O)N1CCCC1. The normalized spacial score (nSPS) is 19.6. The van der Waals surface area contributed by atoms with E-state index in [0.29, 0.717) is 23.0 Å². The first kappa shape index (κ1) is 16.1. The summed E-state index contributed by atoms with van der Waals surface area (Å²) in [6, 6.07) is -0.121. The van der Waals surface area contributed by atoms with Crippen molar-refractivity contribution in [3.63, 3.8) is 0 Å². The van der Waals surface area contributed by atoms with Crippen LogP contribution in [-0.4, -0.2) is 49.7 Å². The van der Waals surface area contributed by atoms with Crippen molar-refractivity contribution < 1.29 is 4.79 Å². The van der Waals surface area contributed by atoms with Crippen LogP contribution in [0.4, 0.5) is 5.95 Å². The Hall–Kier alpha value is -2.38. The lowest BCUT2D eigenvalue weighted by molar-refractivity contribution is -0.130. The molecule has 0 spiro atoms. The maximum Gasteiger partial charge on any atom is 0.263 e. The zero-order chi connectivity index (χ0) is 17.4. The molecule has 2 aliphatic rings. The van der Waals surface area contributed by atoms with Gasteiger partial charge < -0.3 is 10.2 Å². The van der Waals surface area contributed by atoms with Gasteiger partial charge >= 0.3 is 0 Å². The number of aromatic nitrogens is 4. The van der Waals surface area contributed by atoms with Gasteiger partial charge in [-0.25, -0.2) is 4.68 Å². The number of likely N-dealkylation sites (tertiary alicyclic amines) is 1. The largest absolute Gasteiger partial charge is 0.344 e. The van der Waals surface area contributed by atoms with Crippen molar-refractivity contribution >= 4 is 22.9 Å². The molecule has 2 fully saturated rings. The van der Waals surface area contributed by atoms with Gasteiger partial charge in [0, 0.05) is 13.1 Å². The summed E-state index contributed by atoms with van der Waals surface area (Å²) in [5.41, 5.74) is 0.372. The Morgan fingerprint density at radius 2 is 2.00 bits per heavy atom. The standard InChI is InChI=1S/C17H24N6O2/c1-11(16(25)22-8-4-5-9-22)19-17-20-14-13(15(24)21-17)10-18-23(14)12-6-2-3-7-12/h10-12H,2-9H2,1H3,(H2,19,20,21,24)/t11-/m1/s1. The monoisotopic (exact) mass is 344 g/mol. The molecule has 1 amide bonds. The maximum absolute atomic E-state index is 12.5. The molecule has 1 saturated heterocycles. The van der Waals surface area contributed by atoms with Gasteiger partial charge in [-0.3, -0.25) is 14.6 Å². The van der Waals surface area contributed by atoms with Crippen LogP contribution < -0.4 is 10.9 Å². The average Bonchev–Trinajstić information content (AvgIpc) is 3.34. The summed E-state index contributed by atoms with van der Waals surface area (Å²) in [5.74, 6) is 0.377. The number of anilines is 1. The zero-order valence-corrected chi connectivity index (χ0v) is 14.5. The van der Waals surface area contributed by atoms with Gasteiger partial charge in [0.15, 0.2) is 5.65 Å². The van der Waals surface area contributed by atoms with Crippen molar-refractivity contribution in [2.75, 3.05) is 18.4 Å². The number of carbonyl (C=O) groups is 1. The first-order valence-corrected chi connectivity index (χ1v) is 9.16. The first-order valence-electron chi connectivity index (χ1n) is 9.16. The molecule has 8 nitrogen and oxygen atoms in total. The van der Waals surface area contributed by atoms with Crippen LogP contribution in [0.15, 0.2) is 11.0 Å². The minimum Gasteiger partial charge on any atom is -0.344 e.